The normalized spacial score (nSPS) is 13.9. The van der Waals surface area contributed by atoms with Gasteiger partial charge in [0, 0.05) is 12.4 Å². The van der Waals surface area contributed by atoms with Crippen LogP contribution in [0.15, 0.2) is 12.4 Å². The van der Waals surface area contributed by atoms with E-state index >= 15 is 0 Å². The summed E-state index contributed by atoms with van der Waals surface area (Å²) in [6.07, 6.45) is 3.28. The van der Waals surface area contributed by atoms with Gasteiger partial charge >= 0.3 is 6.09 Å². The van der Waals surface area contributed by atoms with Crippen LogP contribution >= 0.6 is 0 Å². The van der Waals surface area contributed by atoms with Crippen LogP contribution in [0, 0.1) is 11.8 Å². The fraction of sp³-hybridized carbons (Fsp3) is 0.700. The van der Waals surface area contributed by atoms with Gasteiger partial charge in [-0.05, 0) is 45.4 Å². The van der Waals surface area contributed by atoms with E-state index in [2.05, 4.69) is 20.6 Å². The number of hydrogen-bond donors (Lipinski definition) is 3. The van der Waals surface area contributed by atoms with Gasteiger partial charge in [-0.3, -0.25) is 9.59 Å². The molecule has 0 saturated carbocycles. The summed E-state index contributed by atoms with van der Waals surface area (Å²) in [4.78, 5) is 44.5. The third-order valence-electron chi connectivity index (χ3n) is 3.79. The molecule has 158 valence electrons. The zero-order valence-corrected chi connectivity index (χ0v) is 18.0. The zero-order valence-electron chi connectivity index (χ0n) is 18.0. The monoisotopic (exact) mass is 394 g/mol. The van der Waals surface area contributed by atoms with Crippen molar-refractivity contribution in [3.8, 4) is 0 Å². The number of aromatic nitrogens is 2. The predicted molar refractivity (Wildman–Crippen MR) is 107 cm³/mol. The molecule has 0 spiro atoms. The molecule has 0 saturated heterocycles. The topological polar surface area (TPSA) is 113 Å². The van der Waals surface area contributed by atoms with Gasteiger partial charge in [-0.1, -0.05) is 27.7 Å². The van der Waals surface area contributed by atoms with Gasteiger partial charge < -0.3 is 20.4 Å². The van der Waals surface area contributed by atoms with Crippen molar-refractivity contribution in [1.29, 1.82) is 0 Å². The Morgan fingerprint density at radius 3 is 2.07 bits per heavy atom. The van der Waals surface area contributed by atoms with Crippen LogP contribution in [-0.4, -0.2) is 45.4 Å². The molecular formula is C20H34N4O4. The van der Waals surface area contributed by atoms with E-state index < -0.39 is 29.7 Å². The second-order valence-corrected chi connectivity index (χ2v) is 8.82. The van der Waals surface area contributed by atoms with Gasteiger partial charge in [-0.25, -0.2) is 9.78 Å². The summed E-state index contributed by atoms with van der Waals surface area (Å²) in [6.45, 7) is 13.1. The fourth-order valence-electron chi connectivity index (χ4n) is 2.69. The van der Waals surface area contributed by atoms with E-state index in [4.69, 9.17) is 4.74 Å². The van der Waals surface area contributed by atoms with Crippen LogP contribution in [0.2, 0.25) is 0 Å². The summed E-state index contributed by atoms with van der Waals surface area (Å²) in [6, 6.07) is -1.53. The molecular weight excluding hydrogens is 360 g/mol. The van der Waals surface area contributed by atoms with Crippen LogP contribution < -0.4 is 10.6 Å². The van der Waals surface area contributed by atoms with Gasteiger partial charge in [0.05, 0.1) is 6.04 Å². The molecule has 8 heteroatoms. The summed E-state index contributed by atoms with van der Waals surface area (Å²) >= 11 is 0. The Morgan fingerprint density at radius 2 is 1.61 bits per heavy atom. The van der Waals surface area contributed by atoms with Crippen molar-refractivity contribution in [2.45, 2.75) is 79.0 Å². The van der Waals surface area contributed by atoms with Crippen molar-refractivity contribution in [2.75, 3.05) is 0 Å². The highest BCUT2D eigenvalue weighted by molar-refractivity contribution is 6.00. The van der Waals surface area contributed by atoms with Gasteiger partial charge in [-0.2, -0.15) is 0 Å². The summed E-state index contributed by atoms with van der Waals surface area (Å²) in [7, 11) is 0. The molecule has 1 rings (SSSR count). The summed E-state index contributed by atoms with van der Waals surface area (Å²) < 4.78 is 5.26. The van der Waals surface area contributed by atoms with E-state index in [0.29, 0.717) is 12.8 Å². The number of Topliss-reactive ketones (excluding diaryl/α,β-unsaturated/α-hetero) is 1. The first-order chi connectivity index (χ1) is 12.9. The van der Waals surface area contributed by atoms with Crippen LogP contribution in [-0.2, 0) is 9.53 Å². The molecule has 8 nitrogen and oxygen atoms in total. The number of H-pyrrole nitrogens is 1. The maximum atomic E-state index is 12.9. The lowest BCUT2D eigenvalue weighted by Crippen LogP contribution is -2.53. The first-order valence-electron chi connectivity index (χ1n) is 9.72. The van der Waals surface area contributed by atoms with Gasteiger partial charge in [0.2, 0.25) is 11.7 Å². The molecule has 0 aliphatic rings. The summed E-state index contributed by atoms with van der Waals surface area (Å²) in [5, 5.41) is 5.42. The smallest absolute Gasteiger partial charge is 0.408 e. The van der Waals surface area contributed by atoms with Crippen LogP contribution in [0.5, 0.6) is 0 Å². The molecule has 3 N–H and O–H groups in total. The Bertz CT molecular complexity index is 648. The quantitative estimate of drug-likeness (QED) is 0.557. The van der Waals surface area contributed by atoms with E-state index in [1.54, 1.807) is 27.0 Å². The molecule has 1 aromatic rings. The van der Waals surface area contributed by atoms with Crippen LogP contribution in [0.1, 0.15) is 71.9 Å². The number of ketones is 1. The summed E-state index contributed by atoms with van der Waals surface area (Å²) in [5.74, 6) is -0.147. The number of carbonyl (C=O) groups excluding carboxylic acids is 3. The zero-order chi connectivity index (χ0) is 21.5. The fourth-order valence-corrected chi connectivity index (χ4v) is 2.69. The lowest BCUT2D eigenvalue weighted by atomic mass is 9.98. The number of amides is 2. The SMILES string of the molecule is CC(C)C[C@H](NC(=O)OC(C)(C)C)C(=O)N[C@@H](CC(C)C)C(=O)c1ncc[nH]1. The van der Waals surface area contributed by atoms with E-state index in [9.17, 15) is 14.4 Å². The number of rotatable bonds is 9. The Morgan fingerprint density at radius 1 is 1.04 bits per heavy atom. The van der Waals surface area contributed by atoms with E-state index in [0.717, 1.165) is 0 Å². The number of carbonyl (C=O) groups is 3. The lowest BCUT2D eigenvalue weighted by molar-refractivity contribution is -0.124. The van der Waals surface area contributed by atoms with Crippen molar-refractivity contribution < 1.29 is 19.1 Å². The summed E-state index contributed by atoms with van der Waals surface area (Å²) in [5.41, 5.74) is -0.668. The Balaban J connectivity index is 2.91. The number of alkyl carbamates (subject to hydrolysis) is 1. The molecule has 1 heterocycles. The molecule has 0 bridgehead atoms. The average molecular weight is 395 g/mol. The van der Waals surface area contributed by atoms with Crippen LogP contribution in [0.4, 0.5) is 4.79 Å². The minimum absolute atomic E-state index is 0.162. The number of imidazole rings is 1. The largest absolute Gasteiger partial charge is 0.444 e. The van der Waals surface area contributed by atoms with Gasteiger partial charge in [0.1, 0.15) is 11.6 Å². The maximum absolute atomic E-state index is 12.9. The number of hydrogen-bond acceptors (Lipinski definition) is 5. The van der Waals surface area contributed by atoms with Crippen LogP contribution in [0.25, 0.3) is 0 Å². The van der Waals surface area contributed by atoms with Gasteiger partial charge in [0.15, 0.2) is 5.82 Å². The lowest BCUT2D eigenvalue weighted by Gasteiger charge is -2.26. The minimum atomic E-state index is -0.797. The first-order valence-corrected chi connectivity index (χ1v) is 9.72. The third-order valence-corrected chi connectivity index (χ3v) is 3.79. The number of ether oxygens (including phenoxy) is 1. The van der Waals surface area contributed by atoms with Crippen molar-refractivity contribution in [1.82, 2.24) is 20.6 Å². The predicted octanol–water partition coefficient (Wildman–Crippen LogP) is 3.06. The Labute approximate surface area is 167 Å². The molecule has 0 fully saturated rings. The van der Waals surface area contributed by atoms with Crippen molar-refractivity contribution in [3.63, 3.8) is 0 Å². The Hall–Kier alpha value is -2.38. The maximum Gasteiger partial charge on any atom is 0.408 e. The second kappa shape index (κ2) is 10.2. The standard InChI is InChI=1S/C20H34N4O4/c1-12(2)10-14(16(25)17-21-8-9-22-17)23-18(26)15(11-13(3)4)24-19(27)28-20(5,6)7/h8-9,12-15H,10-11H2,1-7H3,(H,21,22)(H,23,26)(H,24,27)/t14-,15-/m0/s1. The molecule has 28 heavy (non-hydrogen) atoms. The number of nitrogens with zero attached hydrogens (tertiary/aromatic N) is 1. The molecule has 1 aromatic heterocycles. The number of aromatic amines is 1. The number of nitrogens with one attached hydrogen (secondary N) is 3. The molecule has 0 aliphatic carbocycles. The van der Waals surface area contributed by atoms with Gasteiger partial charge in [0.25, 0.3) is 0 Å². The van der Waals surface area contributed by atoms with Crippen LogP contribution in [0.3, 0.4) is 0 Å². The molecule has 2 amide bonds. The molecule has 0 unspecified atom stereocenters. The molecule has 0 radical (unpaired) electrons. The van der Waals surface area contributed by atoms with Crippen molar-refractivity contribution >= 4 is 17.8 Å². The first kappa shape index (κ1) is 23.7. The van der Waals surface area contributed by atoms with E-state index in [1.165, 1.54) is 6.20 Å². The Kier molecular flexibility index (Phi) is 8.65. The second-order valence-electron chi connectivity index (χ2n) is 8.82. The molecule has 2 atom stereocenters. The minimum Gasteiger partial charge on any atom is -0.444 e. The molecule has 0 aromatic carbocycles. The highest BCUT2D eigenvalue weighted by Crippen LogP contribution is 2.12. The molecule has 0 aliphatic heterocycles. The highest BCUT2D eigenvalue weighted by atomic mass is 16.6. The van der Waals surface area contributed by atoms with E-state index in [1.807, 2.05) is 27.7 Å². The highest BCUT2D eigenvalue weighted by Gasteiger charge is 2.30. The third kappa shape index (κ3) is 8.54. The van der Waals surface area contributed by atoms with Crippen molar-refractivity contribution in [3.05, 3.63) is 18.2 Å². The average Bonchev–Trinajstić information content (AvgIpc) is 3.04. The van der Waals surface area contributed by atoms with Gasteiger partial charge in [-0.15, -0.1) is 0 Å². The van der Waals surface area contributed by atoms with E-state index in [-0.39, 0.29) is 23.4 Å². The van der Waals surface area contributed by atoms with Crippen molar-refractivity contribution in [2.24, 2.45) is 11.8 Å².